The first-order valence-corrected chi connectivity index (χ1v) is 8.01. The van der Waals surface area contributed by atoms with E-state index in [1.807, 2.05) is 0 Å². The van der Waals surface area contributed by atoms with Gasteiger partial charge in [0, 0.05) is 0 Å². The molecule has 0 saturated carbocycles. The molecule has 1 atom stereocenters. The third-order valence-electron chi connectivity index (χ3n) is 3.27. The lowest BCUT2D eigenvalue weighted by atomic mass is 10.0. The van der Waals surface area contributed by atoms with Crippen LogP contribution >= 0.6 is 0 Å². The van der Waals surface area contributed by atoms with E-state index in [0.29, 0.717) is 6.42 Å². The zero-order valence-corrected chi connectivity index (χ0v) is 13.7. The first kappa shape index (κ1) is 20.4. The molecule has 0 radical (unpaired) electrons. The minimum Gasteiger partial charge on any atom is -0.368 e. The van der Waals surface area contributed by atoms with Gasteiger partial charge in [0.1, 0.15) is 6.04 Å². The lowest BCUT2D eigenvalue weighted by Gasteiger charge is -2.18. The summed E-state index contributed by atoms with van der Waals surface area (Å²) >= 11 is 0. The van der Waals surface area contributed by atoms with Gasteiger partial charge in [-0.05, 0) is 13.5 Å². The molecule has 0 heterocycles. The number of primary amides is 1. The van der Waals surface area contributed by atoms with Crippen molar-refractivity contribution in [2.75, 3.05) is 20.1 Å². The average molecular weight is 314 g/mol. The van der Waals surface area contributed by atoms with Crippen molar-refractivity contribution >= 4 is 17.7 Å². The van der Waals surface area contributed by atoms with Crippen molar-refractivity contribution in [1.82, 2.24) is 16.0 Å². The van der Waals surface area contributed by atoms with Crippen molar-refractivity contribution in [3.63, 3.8) is 0 Å². The second kappa shape index (κ2) is 13.1. The molecule has 0 unspecified atom stereocenters. The van der Waals surface area contributed by atoms with Gasteiger partial charge in [0.2, 0.25) is 17.7 Å². The lowest BCUT2D eigenvalue weighted by molar-refractivity contribution is -0.129. The van der Waals surface area contributed by atoms with E-state index in [9.17, 15) is 14.4 Å². The number of nitrogens with one attached hydrogen (secondary N) is 3. The number of carbonyl (C=O) groups excluding carboxylic acids is 3. The quantitative estimate of drug-likeness (QED) is 0.359. The summed E-state index contributed by atoms with van der Waals surface area (Å²) < 4.78 is 0. The molecule has 0 aliphatic carbocycles. The Bertz CT molecular complexity index is 348. The van der Waals surface area contributed by atoms with Gasteiger partial charge < -0.3 is 21.7 Å². The molecule has 0 aromatic heterocycles. The predicted molar refractivity (Wildman–Crippen MR) is 86.1 cm³/mol. The average Bonchev–Trinajstić information content (AvgIpc) is 2.47. The highest BCUT2D eigenvalue weighted by Crippen LogP contribution is 2.09. The third kappa shape index (κ3) is 11.1. The number of rotatable bonds is 13. The molecular formula is C15H30N4O3. The van der Waals surface area contributed by atoms with Crippen LogP contribution in [-0.4, -0.2) is 43.9 Å². The molecular weight excluding hydrogens is 284 g/mol. The number of nitrogens with two attached hydrogens (primary N) is 1. The van der Waals surface area contributed by atoms with Crippen LogP contribution in [0, 0.1) is 0 Å². The minimum absolute atomic E-state index is 0.149. The molecule has 3 amide bonds. The second-order valence-electron chi connectivity index (χ2n) is 5.39. The van der Waals surface area contributed by atoms with Crippen molar-refractivity contribution in [2.45, 2.75) is 57.9 Å². The Kier molecular flexibility index (Phi) is 12.1. The van der Waals surface area contributed by atoms with Crippen LogP contribution in [0.1, 0.15) is 51.9 Å². The summed E-state index contributed by atoms with van der Waals surface area (Å²) in [5.41, 5.74) is 5.01. The van der Waals surface area contributed by atoms with E-state index in [1.165, 1.54) is 19.3 Å². The first-order chi connectivity index (χ1) is 10.5. The summed E-state index contributed by atoms with van der Waals surface area (Å²) in [5, 5.41) is 7.85. The van der Waals surface area contributed by atoms with Crippen LogP contribution in [-0.2, 0) is 14.4 Å². The van der Waals surface area contributed by atoms with Crippen LogP contribution in [0.25, 0.3) is 0 Å². The van der Waals surface area contributed by atoms with Crippen LogP contribution in [0.5, 0.6) is 0 Å². The number of carbonyl (C=O) groups is 3. The molecule has 22 heavy (non-hydrogen) atoms. The maximum absolute atomic E-state index is 12.0. The fraction of sp³-hybridized carbons (Fsp3) is 0.800. The molecule has 128 valence electrons. The highest BCUT2D eigenvalue weighted by atomic mass is 16.2. The summed E-state index contributed by atoms with van der Waals surface area (Å²) in [5.74, 6) is -1.21. The number of amides is 3. The molecule has 7 heteroatoms. The SMILES string of the molecule is CCCCCCCC[C@H](NC(=O)CNC)C(=O)NCC(N)=O. The predicted octanol–water partition coefficient (Wildman–Crippen LogP) is 0.0427. The summed E-state index contributed by atoms with van der Waals surface area (Å²) in [4.78, 5) is 34.3. The highest BCUT2D eigenvalue weighted by molar-refractivity contribution is 5.90. The van der Waals surface area contributed by atoms with Gasteiger partial charge in [0.15, 0.2) is 0 Å². The van der Waals surface area contributed by atoms with Gasteiger partial charge in [-0.2, -0.15) is 0 Å². The third-order valence-corrected chi connectivity index (χ3v) is 3.27. The molecule has 7 nitrogen and oxygen atoms in total. The second-order valence-corrected chi connectivity index (χ2v) is 5.39. The Balaban J connectivity index is 4.23. The van der Waals surface area contributed by atoms with E-state index in [4.69, 9.17) is 5.73 Å². The summed E-state index contributed by atoms with van der Waals surface area (Å²) in [7, 11) is 1.66. The van der Waals surface area contributed by atoms with Gasteiger partial charge in [-0.3, -0.25) is 14.4 Å². The zero-order valence-electron chi connectivity index (χ0n) is 13.7. The molecule has 0 aromatic carbocycles. The lowest BCUT2D eigenvalue weighted by Crippen LogP contribution is -2.50. The van der Waals surface area contributed by atoms with Gasteiger partial charge >= 0.3 is 0 Å². The topological polar surface area (TPSA) is 113 Å². The van der Waals surface area contributed by atoms with E-state index in [0.717, 1.165) is 19.3 Å². The van der Waals surface area contributed by atoms with Gasteiger partial charge in [-0.25, -0.2) is 0 Å². The number of likely N-dealkylation sites (N-methyl/N-ethyl adjacent to an activating group) is 1. The van der Waals surface area contributed by atoms with Crippen LogP contribution in [0.15, 0.2) is 0 Å². The number of hydrogen-bond donors (Lipinski definition) is 4. The fourth-order valence-electron chi connectivity index (χ4n) is 2.10. The van der Waals surface area contributed by atoms with Crippen LogP contribution < -0.4 is 21.7 Å². The molecule has 0 fully saturated rings. The Labute approximate surface area is 132 Å². The highest BCUT2D eigenvalue weighted by Gasteiger charge is 2.20. The van der Waals surface area contributed by atoms with Crippen molar-refractivity contribution < 1.29 is 14.4 Å². The molecule has 0 bridgehead atoms. The first-order valence-electron chi connectivity index (χ1n) is 8.01. The Hall–Kier alpha value is -1.63. The van der Waals surface area contributed by atoms with Gasteiger partial charge in [0.25, 0.3) is 0 Å². The van der Waals surface area contributed by atoms with Crippen molar-refractivity contribution in [1.29, 1.82) is 0 Å². The van der Waals surface area contributed by atoms with Gasteiger partial charge in [-0.15, -0.1) is 0 Å². The maximum atomic E-state index is 12.0. The number of unbranched alkanes of at least 4 members (excludes halogenated alkanes) is 5. The van der Waals surface area contributed by atoms with Gasteiger partial charge in [-0.1, -0.05) is 45.4 Å². The molecule has 0 spiro atoms. The smallest absolute Gasteiger partial charge is 0.243 e. The summed E-state index contributed by atoms with van der Waals surface area (Å²) in [6.45, 7) is 2.10. The zero-order chi connectivity index (χ0) is 16.8. The van der Waals surface area contributed by atoms with E-state index in [1.54, 1.807) is 7.05 Å². The Morgan fingerprint density at radius 3 is 2.23 bits per heavy atom. The molecule has 5 N–H and O–H groups in total. The number of hydrogen-bond acceptors (Lipinski definition) is 4. The normalized spacial score (nSPS) is 11.7. The Morgan fingerprint density at radius 1 is 1.00 bits per heavy atom. The van der Waals surface area contributed by atoms with Crippen molar-refractivity contribution in [3.05, 3.63) is 0 Å². The fourth-order valence-corrected chi connectivity index (χ4v) is 2.10. The van der Waals surface area contributed by atoms with Gasteiger partial charge in [0.05, 0.1) is 13.1 Å². The van der Waals surface area contributed by atoms with E-state index in [-0.39, 0.29) is 24.9 Å². The molecule has 0 aliphatic heterocycles. The van der Waals surface area contributed by atoms with Crippen LogP contribution in [0.2, 0.25) is 0 Å². The van der Waals surface area contributed by atoms with Crippen LogP contribution in [0.3, 0.4) is 0 Å². The van der Waals surface area contributed by atoms with Crippen molar-refractivity contribution in [3.8, 4) is 0 Å². The standard InChI is InChI=1S/C15H30N4O3/c1-3-4-5-6-7-8-9-12(19-14(21)11-17-2)15(22)18-10-13(16)20/h12,17H,3-11H2,1-2H3,(H2,16,20)(H,18,22)(H,19,21)/t12-/m0/s1. The summed E-state index contributed by atoms with van der Waals surface area (Å²) in [6.07, 6.45) is 7.20. The maximum Gasteiger partial charge on any atom is 0.243 e. The van der Waals surface area contributed by atoms with E-state index < -0.39 is 11.9 Å². The van der Waals surface area contributed by atoms with E-state index in [2.05, 4.69) is 22.9 Å². The molecule has 0 aromatic rings. The molecule has 0 aliphatic rings. The summed E-state index contributed by atoms with van der Waals surface area (Å²) in [6, 6.07) is -0.619. The van der Waals surface area contributed by atoms with Crippen LogP contribution in [0.4, 0.5) is 0 Å². The minimum atomic E-state index is -0.619. The molecule has 0 saturated heterocycles. The Morgan fingerprint density at radius 2 is 1.64 bits per heavy atom. The monoisotopic (exact) mass is 314 g/mol. The van der Waals surface area contributed by atoms with Crippen molar-refractivity contribution in [2.24, 2.45) is 5.73 Å². The molecule has 0 rings (SSSR count). The van der Waals surface area contributed by atoms with E-state index >= 15 is 0 Å². The largest absolute Gasteiger partial charge is 0.368 e.